The number of ether oxygens (including phenoxy) is 1. The minimum atomic E-state index is -1.50. The quantitative estimate of drug-likeness (QED) is 0.189. The van der Waals surface area contributed by atoms with E-state index in [9.17, 15) is 0 Å². The molecule has 1 aliphatic heterocycles. The maximum Gasteiger partial charge on any atom is 0.291 e. The Labute approximate surface area is 245 Å². The molecule has 5 fully saturated rings. The molecule has 2 unspecified atom stereocenters. The summed E-state index contributed by atoms with van der Waals surface area (Å²) in [7, 11) is 0. The standard InChI is InChI=1S/C22H29N2.C10H12O.HNO3.Ru/c1-15-6-16(2)21(17(3)7-15)23-4-5-24(14-23)22-11-18-8-19(12-22)10-20(9-18)13-22;1-8(2)11-10-7-5-4-6-9(10)3;2-1(3)4;/h6-7,11,18-20H,4-5,8-10,12-13H2,1-3H3;3-8H,1-2H3;(H,2,3,4);/q-1;;;. The molecule has 0 amide bonds. The Morgan fingerprint density at radius 3 is 2.33 bits per heavy atom. The van der Waals surface area contributed by atoms with Crippen LogP contribution >= 0.6 is 0 Å². The molecule has 5 aliphatic rings. The van der Waals surface area contributed by atoms with Gasteiger partial charge in [0.2, 0.25) is 0 Å². The van der Waals surface area contributed by atoms with Crippen molar-refractivity contribution in [3.05, 3.63) is 75.2 Å². The maximum atomic E-state index is 8.36. The van der Waals surface area contributed by atoms with Crippen molar-refractivity contribution in [2.45, 2.75) is 78.4 Å². The van der Waals surface area contributed by atoms with Crippen LogP contribution in [0.5, 0.6) is 5.75 Å². The van der Waals surface area contributed by atoms with Crippen molar-refractivity contribution >= 4 is 14.7 Å². The van der Waals surface area contributed by atoms with Crippen LogP contribution in [0.15, 0.2) is 36.4 Å². The number of nitrogens with zero attached hydrogens (tertiary/aromatic N) is 3. The fourth-order valence-corrected chi connectivity index (χ4v) is 10.3. The molecule has 1 saturated heterocycles. The van der Waals surface area contributed by atoms with Crippen molar-refractivity contribution in [1.82, 2.24) is 4.90 Å². The van der Waals surface area contributed by atoms with Gasteiger partial charge in [-0.25, -0.2) is 0 Å². The summed E-state index contributed by atoms with van der Waals surface area (Å²) in [4.78, 5) is 14.0. The molecule has 40 heavy (non-hydrogen) atoms. The van der Waals surface area contributed by atoms with Crippen LogP contribution in [0.25, 0.3) is 0 Å². The van der Waals surface area contributed by atoms with Crippen LogP contribution in [0.2, 0.25) is 0 Å². The summed E-state index contributed by atoms with van der Waals surface area (Å²) in [6.07, 6.45) is 10.1. The number of hydrogen-bond donors (Lipinski definition) is 1. The van der Waals surface area contributed by atoms with Crippen molar-refractivity contribution in [3.63, 3.8) is 0 Å². The van der Waals surface area contributed by atoms with E-state index < -0.39 is 5.09 Å². The van der Waals surface area contributed by atoms with Gasteiger partial charge in [0.25, 0.3) is 5.09 Å². The smallest absolute Gasteiger partial charge is 0.291 e. The number of rotatable bonds is 5. The maximum absolute atomic E-state index is 8.36. The van der Waals surface area contributed by atoms with E-state index in [4.69, 9.17) is 20.1 Å². The fourth-order valence-electron chi connectivity index (χ4n) is 7.92. The molecule has 1 heterocycles. The van der Waals surface area contributed by atoms with E-state index in [2.05, 4.69) is 91.8 Å². The molecule has 0 aromatic heterocycles. The molecule has 1 N–H and O–H groups in total. The summed E-state index contributed by atoms with van der Waals surface area (Å²) < 4.78 is 10.3. The topological polar surface area (TPSA) is 79.1 Å². The van der Waals surface area contributed by atoms with E-state index in [1.54, 1.807) is 4.35 Å². The van der Waals surface area contributed by atoms with E-state index in [0.29, 0.717) is 0 Å². The first-order valence-corrected chi connectivity index (χ1v) is 16.3. The van der Waals surface area contributed by atoms with Gasteiger partial charge in [0, 0.05) is 0 Å². The molecule has 8 heteroatoms. The second kappa shape index (κ2) is 11.8. The van der Waals surface area contributed by atoms with Crippen molar-refractivity contribution in [2.24, 2.45) is 17.8 Å². The second-order valence-corrected chi connectivity index (χ2v) is 14.1. The summed E-state index contributed by atoms with van der Waals surface area (Å²) in [6, 6.07) is 13.3. The summed E-state index contributed by atoms with van der Waals surface area (Å²) in [5.41, 5.74) is 7.14. The van der Waals surface area contributed by atoms with Crippen LogP contribution in [-0.2, 0) is 16.2 Å². The van der Waals surface area contributed by atoms with Crippen LogP contribution in [0, 0.1) is 55.1 Å². The molecule has 4 aliphatic carbocycles. The van der Waals surface area contributed by atoms with Crippen LogP contribution < -0.4 is 9.64 Å². The van der Waals surface area contributed by atoms with Crippen molar-refractivity contribution in [1.29, 1.82) is 0 Å². The molecule has 0 radical (unpaired) electrons. The molecular weight excluding hydrogens is 591 g/mol. The van der Waals surface area contributed by atoms with Gasteiger partial charge in [0.05, 0.1) is 0 Å². The van der Waals surface area contributed by atoms with Gasteiger partial charge in [-0.1, -0.05) is 0 Å². The Morgan fingerprint density at radius 2 is 1.73 bits per heavy atom. The van der Waals surface area contributed by atoms with Gasteiger partial charge >= 0.3 is 225 Å². The second-order valence-electron chi connectivity index (χ2n) is 12.3. The predicted octanol–water partition coefficient (Wildman–Crippen LogP) is 5.98. The first-order valence-electron chi connectivity index (χ1n) is 14.4. The fraction of sp³-hybridized carbons (Fsp3) is 0.531. The number of hydrogen-bond acceptors (Lipinski definition) is 5. The number of para-hydroxylation sites is 1. The largest absolute Gasteiger partial charge is 0.328 e. The minimum Gasteiger partial charge on any atom is -0.328 e. The van der Waals surface area contributed by atoms with Gasteiger partial charge in [-0.3, -0.25) is 0 Å². The van der Waals surface area contributed by atoms with Crippen molar-refractivity contribution in [2.75, 3.05) is 18.0 Å². The number of aryl methyl sites for hydroxylation is 3. The average molecular weight is 634 g/mol. The predicted molar refractivity (Wildman–Crippen MR) is 156 cm³/mol. The summed E-state index contributed by atoms with van der Waals surface area (Å²) >= 11 is -0.119. The van der Waals surface area contributed by atoms with Crippen LogP contribution in [-0.4, -0.2) is 48.9 Å². The molecule has 7 nitrogen and oxygen atoms in total. The molecule has 7 rings (SSSR count). The zero-order valence-electron chi connectivity index (χ0n) is 24.2. The number of anilines is 1. The molecule has 4 saturated carbocycles. The van der Waals surface area contributed by atoms with E-state index >= 15 is 0 Å². The third kappa shape index (κ3) is 6.08. The third-order valence-electron chi connectivity index (χ3n) is 8.73. The van der Waals surface area contributed by atoms with E-state index in [1.165, 1.54) is 60.0 Å². The SMILES string of the molecule is Cc1cc(C)c(N2CCN(C34[CH-]C5CC(CC(C5)C3)C4)[C]2=[Ru]=[CH]c2ccccc2OC(C)C)c(C)c1.O=[N+]([O-])O. The van der Waals surface area contributed by atoms with Gasteiger partial charge in [0.15, 0.2) is 0 Å². The first kappa shape index (κ1) is 29.1. The Morgan fingerprint density at radius 1 is 1.10 bits per heavy atom. The molecule has 2 aromatic rings. The van der Waals surface area contributed by atoms with Crippen LogP contribution in [0.1, 0.15) is 68.2 Å². The monoisotopic (exact) mass is 634 g/mol. The zero-order valence-corrected chi connectivity index (χ0v) is 26.0. The molecule has 4 bridgehead atoms. The molecular formula is C32H42N3O4Ru-. The van der Waals surface area contributed by atoms with Gasteiger partial charge in [-0.05, 0) is 0 Å². The molecule has 2 atom stereocenters. The Kier molecular flexibility index (Phi) is 8.59. The van der Waals surface area contributed by atoms with E-state index in [0.717, 1.165) is 36.6 Å². The third-order valence-corrected chi connectivity index (χ3v) is 10.9. The number of benzene rings is 2. The van der Waals surface area contributed by atoms with Crippen molar-refractivity contribution < 1.29 is 31.3 Å². The summed E-state index contributed by atoms with van der Waals surface area (Å²) in [5.74, 6) is 3.73. The Balaban J connectivity index is 0.000000758. The normalized spacial score (nSPS) is 27.1. The van der Waals surface area contributed by atoms with Crippen molar-refractivity contribution in [3.8, 4) is 5.75 Å². The van der Waals surface area contributed by atoms with Crippen LogP contribution in [0.3, 0.4) is 0 Å². The van der Waals surface area contributed by atoms with Gasteiger partial charge in [-0.15, -0.1) is 10.1 Å². The molecule has 218 valence electrons. The van der Waals surface area contributed by atoms with Gasteiger partial charge < -0.3 is 5.21 Å². The Bertz CT molecular complexity index is 1270. The van der Waals surface area contributed by atoms with E-state index in [-0.39, 0.29) is 27.9 Å². The zero-order chi connectivity index (χ0) is 28.6. The van der Waals surface area contributed by atoms with Gasteiger partial charge in [-0.2, -0.15) is 0 Å². The van der Waals surface area contributed by atoms with E-state index in [1.807, 2.05) is 0 Å². The average Bonchev–Trinajstić information content (AvgIpc) is 3.25. The molecule has 2 aromatic carbocycles. The van der Waals surface area contributed by atoms with Crippen LogP contribution in [0.4, 0.5) is 5.69 Å². The van der Waals surface area contributed by atoms with Gasteiger partial charge in [0.1, 0.15) is 0 Å². The minimum absolute atomic E-state index is 0.119. The summed E-state index contributed by atoms with van der Waals surface area (Å²) in [5, 5.41) is 13.6. The molecule has 0 spiro atoms. The Hall–Kier alpha value is -2.44. The summed E-state index contributed by atoms with van der Waals surface area (Å²) in [6.45, 7) is 13.3. The first-order chi connectivity index (χ1) is 19.0.